The standard InChI is InChI=1S/C22H25NO4/c1-14-4-7-16-17(12-22(2,3)27-19(16)10-14)23-21(24)9-6-15-5-8-18-20(11-15)26-13-25-18/h4-5,7-8,10-11,17H,6,9,12-13H2,1-3H3,(H,23,24)/t17-/m0/s1. The van der Waals surface area contributed by atoms with Crippen LogP contribution in [0.3, 0.4) is 0 Å². The lowest BCUT2D eigenvalue weighted by Gasteiger charge is -2.38. The zero-order valence-electron chi connectivity index (χ0n) is 16.0. The molecular formula is C22H25NO4. The van der Waals surface area contributed by atoms with Crippen molar-refractivity contribution < 1.29 is 19.0 Å². The van der Waals surface area contributed by atoms with E-state index in [2.05, 4.69) is 31.3 Å². The summed E-state index contributed by atoms with van der Waals surface area (Å²) in [5.41, 5.74) is 2.96. The smallest absolute Gasteiger partial charge is 0.231 e. The largest absolute Gasteiger partial charge is 0.487 e. The van der Waals surface area contributed by atoms with Crippen LogP contribution in [0.15, 0.2) is 36.4 Å². The van der Waals surface area contributed by atoms with Crippen molar-refractivity contribution in [3.05, 3.63) is 53.1 Å². The molecule has 1 N–H and O–H groups in total. The fourth-order valence-corrected chi connectivity index (χ4v) is 3.71. The molecule has 4 rings (SSSR count). The molecule has 2 aliphatic rings. The Hall–Kier alpha value is -2.69. The summed E-state index contributed by atoms with van der Waals surface area (Å²) in [4.78, 5) is 12.6. The molecule has 5 heteroatoms. The van der Waals surface area contributed by atoms with Gasteiger partial charge < -0.3 is 19.5 Å². The summed E-state index contributed by atoms with van der Waals surface area (Å²) in [7, 11) is 0. The Morgan fingerprint density at radius 2 is 1.93 bits per heavy atom. The highest BCUT2D eigenvalue weighted by atomic mass is 16.7. The maximum atomic E-state index is 12.6. The molecule has 2 aliphatic heterocycles. The number of nitrogens with one attached hydrogen (secondary N) is 1. The topological polar surface area (TPSA) is 56.8 Å². The summed E-state index contributed by atoms with van der Waals surface area (Å²) in [6.45, 7) is 6.43. The number of fused-ring (bicyclic) bond motifs is 2. The van der Waals surface area contributed by atoms with E-state index in [0.29, 0.717) is 12.8 Å². The van der Waals surface area contributed by atoms with Crippen LogP contribution in [0.4, 0.5) is 0 Å². The first-order valence-corrected chi connectivity index (χ1v) is 9.37. The summed E-state index contributed by atoms with van der Waals surface area (Å²) >= 11 is 0. The number of ether oxygens (including phenoxy) is 3. The summed E-state index contributed by atoms with van der Waals surface area (Å²) < 4.78 is 16.8. The quantitative estimate of drug-likeness (QED) is 0.885. The lowest BCUT2D eigenvalue weighted by atomic mass is 9.89. The highest BCUT2D eigenvalue weighted by molar-refractivity contribution is 5.77. The fourth-order valence-electron chi connectivity index (χ4n) is 3.71. The van der Waals surface area contributed by atoms with E-state index in [0.717, 1.165) is 40.4 Å². The van der Waals surface area contributed by atoms with Gasteiger partial charge in [-0.1, -0.05) is 18.2 Å². The average molecular weight is 367 g/mol. The Morgan fingerprint density at radius 1 is 1.11 bits per heavy atom. The monoisotopic (exact) mass is 367 g/mol. The number of benzene rings is 2. The number of rotatable bonds is 4. The van der Waals surface area contributed by atoms with E-state index < -0.39 is 0 Å². The Kier molecular flexibility index (Phi) is 4.46. The molecule has 0 saturated carbocycles. The Bertz CT molecular complexity index is 875. The highest BCUT2D eigenvalue weighted by Gasteiger charge is 2.34. The molecule has 1 atom stereocenters. The van der Waals surface area contributed by atoms with Gasteiger partial charge in [0, 0.05) is 18.4 Å². The Labute approximate surface area is 159 Å². The van der Waals surface area contributed by atoms with Gasteiger partial charge in [0.25, 0.3) is 0 Å². The summed E-state index contributed by atoms with van der Waals surface area (Å²) in [5, 5.41) is 3.20. The molecule has 0 fully saturated rings. The molecule has 0 bridgehead atoms. The van der Waals surface area contributed by atoms with Gasteiger partial charge >= 0.3 is 0 Å². The van der Waals surface area contributed by atoms with Crippen LogP contribution in [0.2, 0.25) is 0 Å². The van der Waals surface area contributed by atoms with Gasteiger partial charge in [-0.15, -0.1) is 0 Å². The zero-order valence-corrected chi connectivity index (χ0v) is 16.0. The number of amides is 1. The third-order valence-corrected chi connectivity index (χ3v) is 5.04. The lowest BCUT2D eigenvalue weighted by molar-refractivity contribution is -0.122. The van der Waals surface area contributed by atoms with Gasteiger partial charge in [-0.3, -0.25) is 4.79 Å². The van der Waals surface area contributed by atoms with Gasteiger partial charge in [0.2, 0.25) is 12.7 Å². The lowest BCUT2D eigenvalue weighted by Crippen LogP contribution is -2.41. The second-order valence-corrected chi connectivity index (χ2v) is 7.91. The first-order valence-electron chi connectivity index (χ1n) is 9.37. The molecule has 0 radical (unpaired) electrons. The number of hydrogen-bond acceptors (Lipinski definition) is 4. The molecule has 0 unspecified atom stereocenters. The molecule has 2 aromatic carbocycles. The summed E-state index contributed by atoms with van der Waals surface area (Å²) in [5.74, 6) is 2.43. The first-order chi connectivity index (χ1) is 12.9. The summed E-state index contributed by atoms with van der Waals surface area (Å²) in [6.07, 6.45) is 1.84. The van der Waals surface area contributed by atoms with Crippen molar-refractivity contribution in [1.29, 1.82) is 0 Å². The van der Waals surface area contributed by atoms with Crippen LogP contribution in [0.1, 0.15) is 49.4 Å². The summed E-state index contributed by atoms with van der Waals surface area (Å²) in [6, 6.07) is 12.0. The Morgan fingerprint density at radius 3 is 2.78 bits per heavy atom. The minimum atomic E-state index is -0.309. The molecule has 142 valence electrons. The molecule has 2 aromatic rings. The van der Waals surface area contributed by atoms with Gasteiger partial charge in [-0.05, 0) is 56.5 Å². The molecule has 0 saturated heterocycles. The van der Waals surface area contributed by atoms with Gasteiger partial charge in [0.15, 0.2) is 11.5 Å². The Balaban J connectivity index is 1.42. The molecule has 0 aliphatic carbocycles. The molecule has 5 nitrogen and oxygen atoms in total. The van der Waals surface area contributed by atoms with E-state index in [4.69, 9.17) is 14.2 Å². The second-order valence-electron chi connectivity index (χ2n) is 7.91. The molecular weight excluding hydrogens is 342 g/mol. The zero-order chi connectivity index (χ0) is 19.0. The van der Waals surface area contributed by atoms with Crippen molar-refractivity contribution in [2.24, 2.45) is 0 Å². The molecule has 0 aromatic heterocycles. The first kappa shape index (κ1) is 17.7. The number of hydrogen-bond donors (Lipinski definition) is 1. The van der Waals surface area contributed by atoms with E-state index >= 15 is 0 Å². The third kappa shape index (κ3) is 3.87. The van der Waals surface area contributed by atoms with Gasteiger partial charge in [-0.25, -0.2) is 0 Å². The van der Waals surface area contributed by atoms with E-state index in [1.165, 1.54) is 0 Å². The van der Waals surface area contributed by atoms with Crippen molar-refractivity contribution >= 4 is 5.91 Å². The van der Waals surface area contributed by atoms with Crippen LogP contribution in [-0.2, 0) is 11.2 Å². The molecule has 27 heavy (non-hydrogen) atoms. The number of carbonyl (C=O) groups excluding carboxylic acids is 1. The maximum absolute atomic E-state index is 12.6. The van der Waals surface area contributed by atoms with Gasteiger partial charge in [0.1, 0.15) is 11.4 Å². The molecule has 1 amide bonds. The van der Waals surface area contributed by atoms with E-state index in [1.807, 2.05) is 31.2 Å². The number of aryl methyl sites for hydroxylation is 2. The molecule has 2 heterocycles. The predicted molar refractivity (Wildman–Crippen MR) is 102 cm³/mol. The van der Waals surface area contributed by atoms with Crippen LogP contribution in [0.5, 0.6) is 17.2 Å². The van der Waals surface area contributed by atoms with Crippen LogP contribution >= 0.6 is 0 Å². The number of carbonyl (C=O) groups is 1. The fraction of sp³-hybridized carbons (Fsp3) is 0.409. The van der Waals surface area contributed by atoms with E-state index in [9.17, 15) is 4.79 Å². The predicted octanol–water partition coefficient (Wildman–Crippen LogP) is 4.07. The van der Waals surface area contributed by atoms with Crippen molar-refractivity contribution in [2.45, 2.75) is 51.7 Å². The van der Waals surface area contributed by atoms with Crippen LogP contribution < -0.4 is 19.5 Å². The van der Waals surface area contributed by atoms with Gasteiger partial charge in [0.05, 0.1) is 6.04 Å². The normalized spacial score (nSPS) is 19.1. The average Bonchev–Trinajstić information content (AvgIpc) is 3.06. The van der Waals surface area contributed by atoms with Crippen LogP contribution in [0, 0.1) is 6.92 Å². The molecule has 0 spiro atoms. The van der Waals surface area contributed by atoms with Crippen molar-refractivity contribution in [2.75, 3.05) is 6.79 Å². The van der Waals surface area contributed by atoms with Crippen molar-refractivity contribution in [1.82, 2.24) is 5.32 Å². The van der Waals surface area contributed by atoms with Crippen molar-refractivity contribution in [3.63, 3.8) is 0 Å². The van der Waals surface area contributed by atoms with E-state index in [-0.39, 0.29) is 24.3 Å². The minimum absolute atomic E-state index is 0.0337. The third-order valence-electron chi connectivity index (χ3n) is 5.04. The minimum Gasteiger partial charge on any atom is -0.487 e. The van der Waals surface area contributed by atoms with E-state index in [1.54, 1.807) is 0 Å². The van der Waals surface area contributed by atoms with Crippen LogP contribution in [0.25, 0.3) is 0 Å². The maximum Gasteiger partial charge on any atom is 0.231 e. The van der Waals surface area contributed by atoms with Gasteiger partial charge in [-0.2, -0.15) is 0 Å². The van der Waals surface area contributed by atoms with Crippen molar-refractivity contribution in [3.8, 4) is 17.2 Å². The van der Waals surface area contributed by atoms with Crippen LogP contribution in [-0.4, -0.2) is 18.3 Å². The highest BCUT2D eigenvalue weighted by Crippen LogP contribution is 2.40. The SMILES string of the molecule is Cc1ccc2c(c1)OC(C)(C)C[C@@H]2NC(=O)CCc1ccc2c(c1)OCO2. The second kappa shape index (κ2) is 6.80.